The maximum atomic E-state index is 11.9. The fourth-order valence-corrected chi connectivity index (χ4v) is 4.48. The summed E-state index contributed by atoms with van der Waals surface area (Å²) in [7, 11) is 1.82. The zero-order valence-corrected chi connectivity index (χ0v) is 18.9. The normalized spacial score (nSPS) is 25.7. The summed E-state index contributed by atoms with van der Waals surface area (Å²) < 4.78 is 11.1. The van der Waals surface area contributed by atoms with Gasteiger partial charge in [-0.3, -0.25) is 4.99 Å². The van der Waals surface area contributed by atoms with E-state index in [4.69, 9.17) is 9.47 Å². The van der Waals surface area contributed by atoms with Gasteiger partial charge in [0.15, 0.2) is 5.96 Å². The Balaban J connectivity index is 1.72. The van der Waals surface area contributed by atoms with Crippen LogP contribution in [0, 0.1) is 0 Å². The Morgan fingerprint density at radius 1 is 1.14 bits per heavy atom. The first-order valence-corrected chi connectivity index (χ1v) is 11.6. The quantitative estimate of drug-likeness (QED) is 0.474. The highest BCUT2D eigenvalue weighted by Crippen LogP contribution is 2.33. The lowest BCUT2D eigenvalue weighted by Gasteiger charge is -2.37. The third kappa shape index (κ3) is 7.70. The number of alkyl carbamates (subject to hydrolysis) is 1. The van der Waals surface area contributed by atoms with E-state index in [0.29, 0.717) is 6.04 Å². The van der Waals surface area contributed by atoms with Crippen LogP contribution in [0.25, 0.3) is 0 Å². The lowest BCUT2D eigenvalue weighted by Crippen LogP contribution is -2.51. The van der Waals surface area contributed by atoms with Crippen molar-refractivity contribution in [2.45, 2.75) is 81.7 Å². The van der Waals surface area contributed by atoms with Crippen LogP contribution >= 0.6 is 11.8 Å². The van der Waals surface area contributed by atoms with Gasteiger partial charge >= 0.3 is 6.09 Å². The van der Waals surface area contributed by atoms with Crippen LogP contribution in [0.3, 0.4) is 0 Å². The Hall–Kier alpha value is -1.15. The van der Waals surface area contributed by atoms with Gasteiger partial charge in [0, 0.05) is 43.6 Å². The maximum Gasteiger partial charge on any atom is 0.407 e. The summed E-state index contributed by atoms with van der Waals surface area (Å²) in [4.78, 5) is 16.3. The maximum absolute atomic E-state index is 11.9. The summed E-state index contributed by atoms with van der Waals surface area (Å²) >= 11 is 1.92. The highest BCUT2D eigenvalue weighted by Gasteiger charge is 2.32. The molecule has 7 nitrogen and oxygen atoms in total. The third-order valence-corrected chi connectivity index (χ3v) is 6.85. The summed E-state index contributed by atoms with van der Waals surface area (Å²) in [6, 6.07) is 0.563. The lowest BCUT2D eigenvalue weighted by molar-refractivity contribution is 0.0490. The highest BCUT2D eigenvalue weighted by molar-refractivity contribution is 8.00. The summed E-state index contributed by atoms with van der Waals surface area (Å²) in [5.74, 6) is 0.864. The Kier molecular flexibility index (Phi) is 8.74. The number of carbonyl (C=O) groups is 1. The molecule has 2 aliphatic rings. The number of nitrogens with zero attached hydrogens (tertiary/aromatic N) is 1. The van der Waals surface area contributed by atoms with Crippen LogP contribution in [0.2, 0.25) is 0 Å². The number of rotatable bonds is 5. The molecular formula is C20H38N4O3S. The molecule has 0 bridgehead atoms. The lowest BCUT2D eigenvalue weighted by atomic mass is 9.91. The van der Waals surface area contributed by atoms with E-state index in [1.165, 1.54) is 0 Å². The van der Waals surface area contributed by atoms with E-state index in [1.54, 1.807) is 0 Å². The first kappa shape index (κ1) is 23.1. The molecule has 1 amide bonds. The van der Waals surface area contributed by atoms with E-state index >= 15 is 0 Å². The van der Waals surface area contributed by atoms with Crippen molar-refractivity contribution in [1.29, 1.82) is 0 Å². The predicted octanol–water partition coefficient (Wildman–Crippen LogP) is 2.90. The molecule has 1 aliphatic carbocycles. The summed E-state index contributed by atoms with van der Waals surface area (Å²) in [6.07, 6.45) is 7.90. The van der Waals surface area contributed by atoms with E-state index < -0.39 is 5.60 Å². The first-order valence-electron chi connectivity index (χ1n) is 10.3. The second-order valence-corrected chi connectivity index (χ2v) is 10.0. The van der Waals surface area contributed by atoms with Crippen molar-refractivity contribution in [1.82, 2.24) is 16.0 Å². The number of thioether (sulfide) groups is 1. The molecule has 162 valence electrons. The summed E-state index contributed by atoms with van der Waals surface area (Å²) in [5, 5.41) is 10.1. The molecule has 2 fully saturated rings. The van der Waals surface area contributed by atoms with Gasteiger partial charge in [0.2, 0.25) is 0 Å². The van der Waals surface area contributed by atoms with Crippen molar-refractivity contribution in [3.8, 4) is 0 Å². The minimum absolute atomic E-state index is 0.185. The van der Waals surface area contributed by atoms with Gasteiger partial charge < -0.3 is 25.4 Å². The van der Waals surface area contributed by atoms with Crippen LogP contribution in [0.4, 0.5) is 4.79 Å². The number of ether oxygens (including phenoxy) is 2. The molecule has 1 saturated carbocycles. The predicted molar refractivity (Wildman–Crippen MR) is 116 cm³/mol. The van der Waals surface area contributed by atoms with Crippen molar-refractivity contribution >= 4 is 23.8 Å². The average molecular weight is 415 g/mol. The molecule has 1 aliphatic heterocycles. The van der Waals surface area contributed by atoms with Crippen LogP contribution < -0.4 is 16.0 Å². The van der Waals surface area contributed by atoms with Gasteiger partial charge in [-0.05, 0) is 65.6 Å². The number of hydrogen-bond donors (Lipinski definition) is 3. The Morgan fingerprint density at radius 2 is 1.71 bits per heavy atom. The van der Waals surface area contributed by atoms with Crippen LogP contribution in [0.5, 0.6) is 0 Å². The van der Waals surface area contributed by atoms with Crippen molar-refractivity contribution in [3.05, 3.63) is 0 Å². The topological polar surface area (TPSA) is 84.0 Å². The van der Waals surface area contributed by atoms with Crippen molar-refractivity contribution in [2.75, 3.05) is 33.1 Å². The Bertz CT molecular complexity index is 522. The number of aliphatic imine (C=N–C) groups is 1. The molecule has 1 saturated heterocycles. The van der Waals surface area contributed by atoms with Gasteiger partial charge in [0.1, 0.15) is 5.60 Å². The molecular weight excluding hydrogens is 376 g/mol. The van der Waals surface area contributed by atoms with Gasteiger partial charge in [-0.15, -0.1) is 0 Å². The minimum Gasteiger partial charge on any atom is -0.444 e. The van der Waals surface area contributed by atoms with Gasteiger partial charge in [0.05, 0.1) is 0 Å². The molecule has 1 heterocycles. The van der Waals surface area contributed by atoms with Crippen LogP contribution in [0.1, 0.15) is 59.3 Å². The second kappa shape index (κ2) is 10.6. The molecule has 0 aromatic rings. The van der Waals surface area contributed by atoms with Crippen LogP contribution in [-0.4, -0.2) is 67.5 Å². The van der Waals surface area contributed by atoms with Crippen LogP contribution in [-0.2, 0) is 9.47 Å². The van der Waals surface area contributed by atoms with Crippen molar-refractivity contribution in [2.24, 2.45) is 4.99 Å². The largest absolute Gasteiger partial charge is 0.444 e. The summed E-state index contributed by atoms with van der Waals surface area (Å²) in [6.45, 7) is 8.22. The number of hydrogen-bond acceptors (Lipinski definition) is 5. The second-order valence-electron chi connectivity index (χ2n) is 8.76. The van der Waals surface area contributed by atoms with Crippen molar-refractivity contribution in [3.63, 3.8) is 0 Å². The molecule has 0 atom stereocenters. The average Bonchev–Trinajstić information content (AvgIpc) is 2.65. The van der Waals surface area contributed by atoms with E-state index in [-0.39, 0.29) is 16.9 Å². The molecule has 0 aromatic carbocycles. The Morgan fingerprint density at radius 3 is 2.21 bits per heavy atom. The van der Waals surface area contributed by atoms with Gasteiger partial charge in [0.25, 0.3) is 0 Å². The molecule has 28 heavy (non-hydrogen) atoms. The fourth-order valence-electron chi connectivity index (χ4n) is 3.69. The SMILES string of the molecule is CN=C(NCC1(SC)CCOCC1)NC1CCC(NC(=O)OC(C)(C)C)CC1. The number of carbonyl (C=O) groups excluding carboxylic acids is 1. The zero-order chi connectivity index (χ0) is 20.6. The zero-order valence-electron chi connectivity index (χ0n) is 18.1. The molecule has 8 heteroatoms. The van der Waals surface area contributed by atoms with Crippen molar-refractivity contribution < 1.29 is 14.3 Å². The first-order chi connectivity index (χ1) is 13.3. The van der Waals surface area contributed by atoms with E-state index in [9.17, 15) is 4.79 Å². The standard InChI is InChI=1S/C20H38N4O3S/c1-19(2,3)27-18(25)24-16-8-6-15(7-9-16)23-17(21-4)22-14-20(28-5)10-12-26-13-11-20/h15-16H,6-14H2,1-5H3,(H,24,25)(H2,21,22,23). The minimum atomic E-state index is -0.459. The number of nitrogens with one attached hydrogen (secondary N) is 3. The molecule has 0 aromatic heterocycles. The van der Waals surface area contributed by atoms with Gasteiger partial charge in [-0.2, -0.15) is 11.8 Å². The number of amides is 1. The molecule has 0 spiro atoms. The smallest absolute Gasteiger partial charge is 0.407 e. The molecule has 2 rings (SSSR count). The van der Waals surface area contributed by atoms with Gasteiger partial charge in [-0.1, -0.05) is 0 Å². The van der Waals surface area contributed by atoms with E-state index in [0.717, 1.165) is 64.2 Å². The van der Waals surface area contributed by atoms with E-state index in [2.05, 4.69) is 27.2 Å². The van der Waals surface area contributed by atoms with E-state index in [1.807, 2.05) is 39.6 Å². The van der Waals surface area contributed by atoms with Crippen LogP contribution in [0.15, 0.2) is 4.99 Å². The third-order valence-electron chi connectivity index (χ3n) is 5.43. The summed E-state index contributed by atoms with van der Waals surface area (Å²) in [5.41, 5.74) is -0.459. The Labute approximate surface area is 174 Å². The molecule has 3 N–H and O–H groups in total. The highest BCUT2D eigenvalue weighted by atomic mass is 32.2. The molecule has 0 radical (unpaired) electrons. The monoisotopic (exact) mass is 414 g/mol. The molecule has 0 unspecified atom stereocenters. The number of guanidine groups is 1. The fraction of sp³-hybridized carbons (Fsp3) is 0.900. The van der Waals surface area contributed by atoms with Gasteiger partial charge in [-0.25, -0.2) is 4.79 Å².